The highest BCUT2D eigenvalue weighted by atomic mass is 19.4. The van der Waals surface area contributed by atoms with Crippen molar-refractivity contribution in [2.24, 2.45) is 0 Å². The van der Waals surface area contributed by atoms with Gasteiger partial charge in [0.1, 0.15) is 0 Å². The summed E-state index contributed by atoms with van der Waals surface area (Å²) in [7, 11) is 5.58. The number of nitrogens with zero attached hydrogens (tertiary/aromatic N) is 2. The van der Waals surface area contributed by atoms with Gasteiger partial charge in [0.05, 0.1) is 28.4 Å². The van der Waals surface area contributed by atoms with Gasteiger partial charge in [0, 0.05) is 64.7 Å². The Hall–Kier alpha value is -3.96. The van der Waals surface area contributed by atoms with Crippen LogP contribution in [-0.4, -0.2) is 130 Å². The number of halogens is 3. The van der Waals surface area contributed by atoms with Gasteiger partial charge >= 0.3 is 36.0 Å². The zero-order valence-electron chi connectivity index (χ0n) is 36.7. The van der Waals surface area contributed by atoms with Crippen molar-refractivity contribution in [3.05, 3.63) is 0 Å². The van der Waals surface area contributed by atoms with E-state index in [1.165, 1.54) is 28.4 Å². The van der Waals surface area contributed by atoms with Crippen LogP contribution in [0.3, 0.4) is 0 Å². The van der Waals surface area contributed by atoms with E-state index in [1.54, 1.807) is 0 Å². The first-order valence-corrected chi connectivity index (χ1v) is 21.5. The van der Waals surface area contributed by atoms with Gasteiger partial charge < -0.3 is 39.2 Å². The number of methoxy groups -OCH3 is 4. The van der Waals surface area contributed by atoms with Crippen LogP contribution in [0.5, 0.6) is 0 Å². The maximum Gasteiger partial charge on any atom is 0.490 e. The zero-order chi connectivity index (χ0) is 45.4. The van der Waals surface area contributed by atoms with Crippen molar-refractivity contribution in [2.45, 2.75) is 160 Å². The molecule has 0 radical (unpaired) electrons. The van der Waals surface area contributed by atoms with E-state index in [9.17, 15) is 41.9 Å². The molecule has 0 spiro atoms. The predicted octanol–water partition coefficient (Wildman–Crippen LogP) is 6.92. The van der Waals surface area contributed by atoms with Gasteiger partial charge in [0.15, 0.2) is 0 Å². The quantitative estimate of drug-likeness (QED) is 0.0375. The lowest BCUT2D eigenvalue weighted by Crippen LogP contribution is -2.33. The molecule has 60 heavy (non-hydrogen) atoms. The van der Waals surface area contributed by atoms with Crippen LogP contribution in [0, 0.1) is 0 Å². The van der Waals surface area contributed by atoms with E-state index >= 15 is 0 Å². The first kappa shape index (κ1) is 58.1. The number of esters is 4. The second-order valence-corrected chi connectivity index (χ2v) is 14.5. The lowest BCUT2D eigenvalue weighted by Gasteiger charge is -2.23. The number of alkyl halides is 3. The Morgan fingerprint density at radius 1 is 0.417 bits per heavy atom. The van der Waals surface area contributed by atoms with Gasteiger partial charge in [0.2, 0.25) is 11.8 Å². The Labute approximate surface area is 355 Å². The van der Waals surface area contributed by atoms with Gasteiger partial charge in [-0.3, -0.25) is 28.8 Å². The Morgan fingerprint density at radius 3 is 0.883 bits per heavy atom. The number of amides is 2. The fourth-order valence-electron chi connectivity index (χ4n) is 5.97. The molecule has 0 rings (SSSR count). The van der Waals surface area contributed by atoms with E-state index in [0.717, 1.165) is 129 Å². The molecule has 0 unspecified atom stereocenters. The topological polar surface area (TPSA) is 195 Å². The van der Waals surface area contributed by atoms with Crippen LogP contribution in [0.4, 0.5) is 13.2 Å². The molecule has 0 heterocycles. The van der Waals surface area contributed by atoms with E-state index in [1.807, 2.05) is 9.80 Å². The van der Waals surface area contributed by atoms with Crippen molar-refractivity contribution in [3.63, 3.8) is 0 Å². The second kappa shape index (κ2) is 39.2. The highest BCUT2D eigenvalue weighted by Gasteiger charge is 2.38. The molecule has 0 saturated carbocycles. The largest absolute Gasteiger partial charge is 0.490 e. The highest BCUT2D eigenvalue weighted by Crippen LogP contribution is 2.14. The third-order valence-electron chi connectivity index (χ3n) is 9.58. The van der Waals surface area contributed by atoms with Crippen molar-refractivity contribution in [3.8, 4) is 0 Å². The summed E-state index contributed by atoms with van der Waals surface area (Å²) in [6.45, 7) is 4.52. The number of nitrogens with one attached hydrogen (secondary N) is 1. The molecule has 0 aromatic carbocycles. The molecule has 0 aliphatic rings. The number of unbranched alkanes of at least 4 members (excludes halogenated alkanes) is 12. The number of carbonyl (C=O) groups is 7. The van der Waals surface area contributed by atoms with Gasteiger partial charge in [-0.15, -0.1) is 0 Å². The third kappa shape index (κ3) is 37.1. The number of carboxylic acids is 1. The Bertz CT molecular complexity index is 1060. The van der Waals surface area contributed by atoms with E-state index < -0.39 is 12.1 Å². The van der Waals surface area contributed by atoms with E-state index in [4.69, 9.17) is 28.8 Å². The SMILES string of the molecule is COC(=O)CCCCCN(CCCCCC(=O)OC)C(=O)CCCCCNCCCCCC(=O)N(CCCCCC(=O)OC)CCCCCC(=O)OC.O=C(O)C(F)(F)F. The molecule has 18 heteroatoms. The summed E-state index contributed by atoms with van der Waals surface area (Å²) in [6.07, 6.45) is 13.1. The number of carbonyl (C=O) groups excluding carboxylic acids is 6. The van der Waals surface area contributed by atoms with Gasteiger partial charge in [-0.2, -0.15) is 13.2 Å². The molecular weight excluding hydrogens is 795 g/mol. The minimum atomic E-state index is -5.08. The monoisotopic (exact) mass is 870 g/mol. The smallest absolute Gasteiger partial charge is 0.475 e. The molecule has 0 aliphatic heterocycles. The number of hydrogen-bond donors (Lipinski definition) is 2. The van der Waals surface area contributed by atoms with Crippen LogP contribution >= 0.6 is 0 Å². The van der Waals surface area contributed by atoms with Crippen LogP contribution in [0.2, 0.25) is 0 Å². The van der Waals surface area contributed by atoms with Crippen molar-refractivity contribution in [1.29, 1.82) is 0 Å². The molecule has 0 fully saturated rings. The first-order valence-electron chi connectivity index (χ1n) is 21.5. The van der Waals surface area contributed by atoms with Gasteiger partial charge in [-0.05, 0) is 90.1 Å². The van der Waals surface area contributed by atoms with Crippen LogP contribution in [0.15, 0.2) is 0 Å². The Morgan fingerprint density at radius 2 is 0.650 bits per heavy atom. The lowest BCUT2D eigenvalue weighted by molar-refractivity contribution is -0.192. The van der Waals surface area contributed by atoms with Crippen LogP contribution in [0.1, 0.15) is 154 Å². The fourth-order valence-corrected chi connectivity index (χ4v) is 5.97. The molecule has 2 N–H and O–H groups in total. The van der Waals surface area contributed by atoms with Gasteiger partial charge in [-0.25, -0.2) is 4.79 Å². The number of hydrogen-bond acceptors (Lipinski definition) is 12. The van der Waals surface area contributed by atoms with Gasteiger partial charge in [-0.1, -0.05) is 38.5 Å². The highest BCUT2D eigenvalue weighted by molar-refractivity contribution is 5.76. The maximum atomic E-state index is 13.0. The summed E-state index contributed by atoms with van der Waals surface area (Å²) >= 11 is 0. The predicted molar refractivity (Wildman–Crippen MR) is 219 cm³/mol. The summed E-state index contributed by atoms with van der Waals surface area (Å²) in [5, 5.41) is 10.6. The molecular formula is C42H74F3N3O12. The summed E-state index contributed by atoms with van der Waals surface area (Å²) in [4.78, 5) is 84.3. The third-order valence-corrected chi connectivity index (χ3v) is 9.58. The first-order chi connectivity index (χ1) is 28.6. The minimum absolute atomic E-state index is 0.170. The number of ether oxygens (including phenoxy) is 4. The van der Waals surface area contributed by atoms with Crippen molar-refractivity contribution < 1.29 is 70.8 Å². The van der Waals surface area contributed by atoms with Crippen molar-refractivity contribution >= 4 is 41.7 Å². The summed E-state index contributed by atoms with van der Waals surface area (Å²) in [5.74, 6) is -3.24. The number of aliphatic carboxylic acids is 1. The maximum absolute atomic E-state index is 13.0. The molecule has 350 valence electrons. The molecule has 0 bridgehead atoms. The van der Waals surface area contributed by atoms with Crippen LogP contribution in [0.25, 0.3) is 0 Å². The Balaban J connectivity index is 0. The molecule has 15 nitrogen and oxygen atoms in total. The number of rotatable bonds is 36. The van der Waals surface area contributed by atoms with Crippen molar-refractivity contribution in [2.75, 3.05) is 67.7 Å². The van der Waals surface area contributed by atoms with E-state index in [0.29, 0.717) is 64.7 Å². The lowest BCUT2D eigenvalue weighted by atomic mass is 10.1. The minimum Gasteiger partial charge on any atom is -0.475 e. The average molecular weight is 870 g/mol. The van der Waals surface area contributed by atoms with Crippen LogP contribution < -0.4 is 5.32 Å². The van der Waals surface area contributed by atoms with Crippen LogP contribution in [-0.2, 0) is 52.5 Å². The second-order valence-electron chi connectivity index (χ2n) is 14.5. The summed E-state index contributed by atoms with van der Waals surface area (Å²) in [5.41, 5.74) is 0. The molecule has 0 atom stereocenters. The molecule has 0 aromatic heterocycles. The molecule has 2 amide bonds. The molecule has 0 saturated heterocycles. The van der Waals surface area contributed by atoms with Gasteiger partial charge in [0.25, 0.3) is 0 Å². The Kier molecular flexibility index (Phi) is 38.0. The molecule has 0 aromatic rings. The van der Waals surface area contributed by atoms with Crippen molar-refractivity contribution in [1.82, 2.24) is 15.1 Å². The normalized spacial score (nSPS) is 10.8. The standard InChI is InChI=1S/C40H73N3O10.C2HF3O2/c1-50-37(46)25-13-7-19-31-42(32-20-8-14-26-38(47)51-2)35(44)23-11-5-17-29-41-30-18-6-12-24-36(45)43(33-21-9-15-27-39(48)52-3)34-22-10-16-28-40(49)53-4;3-2(4,5)1(6)7/h41H,5-34H2,1-4H3;(H,6,7). The number of carboxylic acid groups (broad SMARTS) is 1. The summed E-state index contributed by atoms with van der Waals surface area (Å²) < 4.78 is 50.6. The fraction of sp³-hybridized carbons (Fsp3) is 0.833. The van der Waals surface area contributed by atoms with E-state index in [-0.39, 0.29) is 35.7 Å². The zero-order valence-corrected chi connectivity index (χ0v) is 36.7. The average Bonchev–Trinajstić information content (AvgIpc) is 3.22. The van der Waals surface area contributed by atoms with E-state index in [2.05, 4.69) is 5.32 Å². The molecule has 0 aliphatic carbocycles. The summed E-state index contributed by atoms with van der Waals surface area (Å²) in [6, 6.07) is 0.